The highest BCUT2D eigenvalue weighted by atomic mass is 16.3. The molecule has 0 radical (unpaired) electrons. The van der Waals surface area contributed by atoms with Crippen LogP contribution in [-0.2, 0) is 0 Å². The second-order valence-electron chi connectivity index (χ2n) is 6.02. The zero-order valence-corrected chi connectivity index (χ0v) is 11.0. The molecule has 1 fully saturated rings. The first-order chi connectivity index (χ1) is 7.41. The third kappa shape index (κ3) is 1.60. The van der Waals surface area contributed by atoms with E-state index >= 15 is 0 Å². The maximum Gasteiger partial charge on any atom is 0.120 e. The van der Waals surface area contributed by atoms with Crippen LogP contribution < -0.4 is 5.32 Å². The monoisotopic (exact) mass is 221 g/mol. The minimum atomic E-state index is 0.348. The first-order valence-corrected chi connectivity index (χ1v) is 6.20. The fraction of sp³-hybridized carbons (Fsp3) is 0.714. The normalized spacial score (nSPS) is 24.3. The third-order valence-corrected chi connectivity index (χ3v) is 4.68. The maximum atomic E-state index is 5.49. The van der Waals surface area contributed by atoms with Crippen LogP contribution in [0.4, 0.5) is 0 Å². The second kappa shape index (κ2) is 3.63. The van der Waals surface area contributed by atoms with Crippen molar-refractivity contribution in [1.82, 2.24) is 5.32 Å². The predicted molar refractivity (Wildman–Crippen MR) is 66.2 cm³/mol. The Morgan fingerprint density at radius 1 is 1.31 bits per heavy atom. The highest BCUT2D eigenvalue weighted by Crippen LogP contribution is 2.63. The van der Waals surface area contributed by atoms with E-state index < -0.39 is 0 Å². The summed E-state index contributed by atoms with van der Waals surface area (Å²) in [4.78, 5) is 0. The molecule has 16 heavy (non-hydrogen) atoms. The van der Waals surface area contributed by atoms with Crippen LogP contribution in [-0.4, -0.2) is 6.04 Å². The van der Waals surface area contributed by atoms with Crippen molar-refractivity contribution < 1.29 is 4.42 Å². The molecule has 0 aliphatic heterocycles. The van der Waals surface area contributed by atoms with Crippen LogP contribution in [0.25, 0.3) is 0 Å². The molecule has 1 saturated carbocycles. The van der Waals surface area contributed by atoms with Crippen LogP contribution in [0.3, 0.4) is 0 Å². The van der Waals surface area contributed by atoms with Crippen LogP contribution in [0.15, 0.2) is 22.8 Å². The van der Waals surface area contributed by atoms with Gasteiger partial charge < -0.3 is 9.73 Å². The van der Waals surface area contributed by atoms with Crippen molar-refractivity contribution in [3.63, 3.8) is 0 Å². The number of hydrogen-bond donors (Lipinski definition) is 1. The van der Waals surface area contributed by atoms with Crippen LogP contribution >= 0.6 is 0 Å². The van der Waals surface area contributed by atoms with Crippen LogP contribution in [0.1, 0.15) is 52.8 Å². The lowest BCUT2D eigenvalue weighted by Gasteiger charge is -2.16. The highest BCUT2D eigenvalue weighted by Gasteiger charge is 2.64. The van der Waals surface area contributed by atoms with E-state index in [0.29, 0.717) is 22.9 Å². The van der Waals surface area contributed by atoms with Gasteiger partial charge in [0.25, 0.3) is 0 Å². The quantitative estimate of drug-likeness (QED) is 0.837. The van der Waals surface area contributed by atoms with Crippen molar-refractivity contribution >= 4 is 0 Å². The van der Waals surface area contributed by atoms with Gasteiger partial charge in [0, 0.05) is 6.04 Å². The van der Waals surface area contributed by atoms with E-state index in [4.69, 9.17) is 4.42 Å². The molecule has 2 heteroatoms. The summed E-state index contributed by atoms with van der Waals surface area (Å²) < 4.78 is 5.49. The van der Waals surface area contributed by atoms with E-state index in [9.17, 15) is 0 Å². The van der Waals surface area contributed by atoms with Crippen molar-refractivity contribution in [2.75, 3.05) is 0 Å². The molecule has 0 amide bonds. The number of furan rings is 1. The molecular formula is C14H23NO. The van der Waals surface area contributed by atoms with E-state index in [2.05, 4.69) is 46.0 Å². The lowest BCUT2D eigenvalue weighted by atomic mass is 10.0. The zero-order chi connectivity index (χ0) is 12.0. The van der Waals surface area contributed by atoms with Gasteiger partial charge in [-0.15, -0.1) is 0 Å². The number of hydrogen-bond acceptors (Lipinski definition) is 2. The molecule has 1 unspecified atom stereocenters. The fourth-order valence-corrected chi connectivity index (χ4v) is 2.70. The van der Waals surface area contributed by atoms with Gasteiger partial charge in [-0.1, -0.05) is 34.6 Å². The fourth-order valence-electron chi connectivity index (χ4n) is 2.70. The molecular weight excluding hydrogens is 198 g/mol. The lowest BCUT2D eigenvalue weighted by Crippen LogP contribution is -2.27. The summed E-state index contributed by atoms with van der Waals surface area (Å²) in [5, 5.41) is 3.73. The topological polar surface area (TPSA) is 25.2 Å². The number of rotatable bonds is 4. The van der Waals surface area contributed by atoms with Gasteiger partial charge in [0.15, 0.2) is 0 Å². The largest absolute Gasteiger partial charge is 0.468 e. The maximum absolute atomic E-state index is 5.49. The summed E-state index contributed by atoms with van der Waals surface area (Å²) >= 11 is 0. The molecule has 2 rings (SSSR count). The predicted octanol–water partition coefficient (Wildman–Crippen LogP) is 3.75. The average Bonchev–Trinajstić information content (AvgIpc) is 2.68. The molecule has 0 bridgehead atoms. The standard InChI is InChI=1S/C14H23NO/c1-6-10(11-8-7-9-16-11)15-12-13(2,3)14(12,4)5/h7-10,12,15H,6H2,1-5H3. The smallest absolute Gasteiger partial charge is 0.120 e. The van der Waals surface area contributed by atoms with E-state index in [-0.39, 0.29) is 0 Å². The van der Waals surface area contributed by atoms with Crippen LogP contribution in [0.5, 0.6) is 0 Å². The third-order valence-electron chi connectivity index (χ3n) is 4.68. The summed E-state index contributed by atoms with van der Waals surface area (Å²) in [6.07, 6.45) is 2.82. The first kappa shape index (κ1) is 11.7. The van der Waals surface area contributed by atoms with Gasteiger partial charge in [-0.3, -0.25) is 0 Å². The molecule has 1 aromatic heterocycles. The molecule has 0 aromatic carbocycles. The van der Waals surface area contributed by atoms with Crippen LogP contribution in [0, 0.1) is 10.8 Å². The van der Waals surface area contributed by atoms with Crippen molar-refractivity contribution in [2.45, 2.75) is 53.1 Å². The number of nitrogens with one attached hydrogen (secondary N) is 1. The first-order valence-electron chi connectivity index (χ1n) is 6.20. The zero-order valence-electron chi connectivity index (χ0n) is 11.0. The summed E-state index contributed by atoms with van der Waals surface area (Å²) in [6.45, 7) is 11.5. The van der Waals surface area contributed by atoms with Gasteiger partial charge in [-0.2, -0.15) is 0 Å². The van der Waals surface area contributed by atoms with Gasteiger partial charge in [0.2, 0.25) is 0 Å². The molecule has 1 aliphatic carbocycles. The Balaban J connectivity index is 2.05. The van der Waals surface area contributed by atoms with Crippen molar-refractivity contribution in [3.05, 3.63) is 24.2 Å². The Morgan fingerprint density at radius 3 is 2.31 bits per heavy atom. The summed E-state index contributed by atoms with van der Waals surface area (Å²) in [5.74, 6) is 1.06. The molecule has 90 valence electrons. The van der Waals surface area contributed by atoms with E-state index in [1.165, 1.54) is 0 Å². The molecule has 1 atom stereocenters. The Bertz CT molecular complexity index is 337. The van der Waals surface area contributed by atoms with Crippen LogP contribution in [0.2, 0.25) is 0 Å². The van der Waals surface area contributed by atoms with Gasteiger partial charge in [0.1, 0.15) is 5.76 Å². The van der Waals surface area contributed by atoms with Crippen molar-refractivity contribution in [3.8, 4) is 0 Å². The highest BCUT2D eigenvalue weighted by molar-refractivity contribution is 5.19. The van der Waals surface area contributed by atoms with E-state index in [1.807, 2.05) is 6.07 Å². The van der Waals surface area contributed by atoms with Gasteiger partial charge in [-0.05, 0) is 29.4 Å². The molecule has 0 saturated heterocycles. The summed E-state index contributed by atoms with van der Waals surface area (Å²) in [7, 11) is 0. The molecule has 0 spiro atoms. The van der Waals surface area contributed by atoms with Crippen molar-refractivity contribution in [2.24, 2.45) is 10.8 Å². The minimum Gasteiger partial charge on any atom is -0.468 e. The molecule has 1 heterocycles. The molecule has 2 nitrogen and oxygen atoms in total. The van der Waals surface area contributed by atoms with Gasteiger partial charge >= 0.3 is 0 Å². The average molecular weight is 221 g/mol. The summed E-state index contributed by atoms with van der Waals surface area (Å²) in [6, 6.07) is 4.95. The van der Waals surface area contributed by atoms with E-state index in [0.717, 1.165) is 12.2 Å². The van der Waals surface area contributed by atoms with E-state index in [1.54, 1.807) is 6.26 Å². The lowest BCUT2D eigenvalue weighted by molar-refractivity contribution is 0.381. The summed E-state index contributed by atoms with van der Waals surface area (Å²) in [5.41, 5.74) is 0.764. The van der Waals surface area contributed by atoms with Gasteiger partial charge in [-0.25, -0.2) is 0 Å². The Morgan fingerprint density at radius 2 is 1.94 bits per heavy atom. The Labute approximate surface area is 98.4 Å². The Hall–Kier alpha value is -0.760. The minimum absolute atomic E-state index is 0.348. The molecule has 1 aliphatic rings. The molecule has 1 N–H and O–H groups in total. The SMILES string of the molecule is CCC(NC1C(C)(C)C1(C)C)c1ccco1. The molecule has 1 aromatic rings. The second-order valence-corrected chi connectivity index (χ2v) is 6.02. The Kier molecular flexibility index (Phi) is 2.66. The van der Waals surface area contributed by atoms with Crippen molar-refractivity contribution in [1.29, 1.82) is 0 Å². The van der Waals surface area contributed by atoms with Gasteiger partial charge in [0.05, 0.1) is 12.3 Å².